The molecule has 2 aromatic rings. The Bertz CT molecular complexity index is 981. The van der Waals surface area contributed by atoms with E-state index >= 15 is 0 Å². The van der Waals surface area contributed by atoms with Gasteiger partial charge in [0, 0.05) is 24.4 Å². The molecule has 2 heterocycles. The molecule has 10 heteroatoms. The van der Waals surface area contributed by atoms with Gasteiger partial charge in [-0.25, -0.2) is 0 Å². The van der Waals surface area contributed by atoms with Crippen LogP contribution in [0.1, 0.15) is 22.6 Å². The van der Waals surface area contributed by atoms with Gasteiger partial charge in [0.05, 0.1) is 23.5 Å². The van der Waals surface area contributed by atoms with Gasteiger partial charge in [-0.05, 0) is 49.4 Å². The lowest BCUT2D eigenvalue weighted by Crippen LogP contribution is -2.37. The molecular weight excluding hydrogens is 438 g/mol. The van der Waals surface area contributed by atoms with E-state index in [0.717, 1.165) is 39.2 Å². The first-order valence-corrected chi connectivity index (χ1v) is 11.5. The van der Waals surface area contributed by atoms with Crippen molar-refractivity contribution in [2.45, 2.75) is 19.6 Å². The number of hydrogen-bond acceptors (Lipinski definition) is 8. The first-order chi connectivity index (χ1) is 14.9. The molecule has 1 aliphatic rings. The molecule has 0 spiro atoms. The number of methoxy groups -OCH3 is 1. The monoisotopic (exact) mass is 461 g/mol. The summed E-state index contributed by atoms with van der Waals surface area (Å²) in [5.41, 5.74) is 2.63. The SMILES string of the molecule is COc1ccc(/C=C2/SC(=O)N(CCNC(=O)CSCc3c(C)noc3C)C2=O)cc1. The van der Waals surface area contributed by atoms with Crippen molar-refractivity contribution in [1.82, 2.24) is 15.4 Å². The number of aryl methyl sites for hydroxylation is 2. The number of aromatic nitrogens is 1. The summed E-state index contributed by atoms with van der Waals surface area (Å²) >= 11 is 2.35. The molecule has 1 N–H and O–H groups in total. The number of carbonyl (C=O) groups is 3. The summed E-state index contributed by atoms with van der Waals surface area (Å²) < 4.78 is 10.2. The molecule has 164 valence electrons. The Morgan fingerprint density at radius 2 is 2.03 bits per heavy atom. The quantitative estimate of drug-likeness (QED) is 0.567. The van der Waals surface area contributed by atoms with Crippen LogP contribution in [0.5, 0.6) is 5.75 Å². The van der Waals surface area contributed by atoms with Crippen LogP contribution >= 0.6 is 23.5 Å². The summed E-state index contributed by atoms with van der Waals surface area (Å²) in [6.45, 7) is 4.05. The van der Waals surface area contributed by atoms with E-state index < -0.39 is 0 Å². The number of thioether (sulfide) groups is 2. The Hall–Kier alpha value is -2.72. The van der Waals surface area contributed by atoms with E-state index in [0.29, 0.717) is 16.4 Å². The van der Waals surface area contributed by atoms with E-state index in [1.807, 2.05) is 26.0 Å². The Morgan fingerprint density at radius 3 is 2.68 bits per heavy atom. The van der Waals surface area contributed by atoms with Crippen molar-refractivity contribution in [1.29, 1.82) is 0 Å². The third-order valence-corrected chi connectivity index (χ3v) is 6.47. The average Bonchev–Trinajstić information content (AvgIpc) is 3.21. The van der Waals surface area contributed by atoms with Crippen LogP contribution in [0, 0.1) is 13.8 Å². The Labute approximate surface area is 188 Å². The Morgan fingerprint density at radius 1 is 1.29 bits per heavy atom. The van der Waals surface area contributed by atoms with Crippen molar-refractivity contribution >= 4 is 46.7 Å². The summed E-state index contributed by atoms with van der Waals surface area (Å²) in [5, 5.41) is 6.30. The van der Waals surface area contributed by atoms with Crippen molar-refractivity contribution < 1.29 is 23.6 Å². The first-order valence-electron chi connectivity index (χ1n) is 9.54. The summed E-state index contributed by atoms with van der Waals surface area (Å²) in [5.74, 6) is 1.86. The zero-order chi connectivity index (χ0) is 22.4. The van der Waals surface area contributed by atoms with E-state index in [-0.39, 0.29) is 35.9 Å². The fourth-order valence-corrected chi connectivity index (χ4v) is 4.73. The minimum atomic E-state index is -0.354. The molecule has 0 atom stereocenters. The molecule has 0 aliphatic carbocycles. The third kappa shape index (κ3) is 5.92. The van der Waals surface area contributed by atoms with Gasteiger partial charge < -0.3 is 14.6 Å². The Kier molecular flexibility index (Phi) is 7.80. The van der Waals surface area contributed by atoms with Gasteiger partial charge in [0.1, 0.15) is 11.5 Å². The number of amides is 3. The van der Waals surface area contributed by atoms with Gasteiger partial charge >= 0.3 is 0 Å². The average molecular weight is 462 g/mol. The molecule has 8 nitrogen and oxygen atoms in total. The molecule has 1 aromatic carbocycles. The maximum absolute atomic E-state index is 12.5. The minimum Gasteiger partial charge on any atom is -0.497 e. The van der Waals surface area contributed by atoms with Crippen molar-refractivity contribution in [3.05, 3.63) is 51.8 Å². The highest BCUT2D eigenvalue weighted by molar-refractivity contribution is 8.18. The second-order valence-corrected chi connectivity index (χ2v) is 8.73. The molecule has 1 aromatic heterocycles. The standard InChI is InChI=1S/C21H23N3O5S2/c1-13-17(14(2)29-23-13)11-30-12-19(25)22-8-9-24-20(26)18(31-21(24)27)10-15-4-6-16(28-3)7-5-15/h4-7,10H,8-9,11-12H2,1-3H3,(H,22,25)/b18-10+. The molecule has 1 fully saturated rings. The fourth-order valence-electron chi connectivity index (χ4n) is 2.86. The van der Waals surface area contributed by atoms with Gasteiger partial charge in [-0.2, -0.15) is 0 Å². The highest BCUT2D eigenvalue weighted by Crippen LogP contribution is 2.32. The van der Waals surface area contributed by atoms with Crippen LogP contribution in [0.2, 0.25) is 0 Å². The second-order valence-electron chi connectivity index (χ2n) is 6.75. The minimum absolute atomic E-state index is 0.130. The first kappa shape index (κ1) is 23.0. The fraction of sp³-hybridized carbons (Fsp3) is 0.333. The second kappa shape index (κ2) is 10.5. The molecular formula is C21H23N3O5S2. The van der Waals surface area contributed by atoms with E-state index in [9.17, 15) is 14.4 Å². The lowest BCUT2D eigenvalue weighted by Gasteiger charge is -2.13. The van der Waals surface area contributed by atoms with Gasteiger partial charge in [-0.15, -0.1) is 11.8 Å². The van der Waals surface area contributed by atoms with Crippen molar-refractivity contribution in [3.8, 4) is 5.75 Å². The van der Waals surface area contributed by atoms with Gasteiger partial charge in [0.15, 0.2) is 0 Å². The number of hydrogen-bond donors (Lipinski definition) is 1. The number of imide groups is 1. The summed E-state index contributed by atoms with van der Waals surface area (Å²) in [6, 6.07) is 7.20. The van der Waals surface area contributed by atoms with Crippen LogP contribution in [0.15, 0.2) is 33.7 Å². The van der Waals surface area contributed by atoms with Crippen molar-refractivity contribution in [2.75, 3.05) is 26.0 Å². The number of rotatable bonds is 9. The van der Waals surface area contributed by atoms with Crippen LogP contribution in [-0.4, -0.2) is 53.1 Å². The number of ether oxygens (including phenoxy) is 1. The van der Waals surface area contributed by atoms with Gasteiger partial charge in [0.25, 0.3) is 11.1 Å². The van der Waals surface area contributed by atoms with Gasteiger partial charge in [0.2, 0.25) is 5.91 Å². The molecule has 3 rings (SSSR count). The van der Waals surface area contributed by atoms with Gasteiger partial charge in [-0.3, -0.25) is 19.3 Å². The lowest BCUT2D eigenvalue weighted by molar-refractivity contribution is -0.123. The zero-order valence-corrected chi connectivity index (χ0v) is 19.1. The maximum Gasteiger partial charge on any atom is 0.293 e. The van der Waals surface area contributed by atoms with Crippen LogP contribution in [0.3, 0.4) is 0 Å². The molecule has 1 aliphatic heterocycles. The number of benzene rings is 1. The predicted molar refractivity (Wildman–Crippen MR) is 121 cm³/mol. The number of carbonyl (C=O) groups excluding carboxylic acids is 3. The van der Waals surface area contributed by atoms with Crippen LogP contribution < -0.4 is 10.1 Å². The smallest absolute Gasteiger partial charge is 0.293 e. The molecule has 31 heavy (non-hydrogen) atoms. The van der Waals surface area contributed by atoms with E-state index in [1.165, 1.54) is 11.8 Å². The number of nitrogens with zero attached hydrogens (tertiary/aromatic N) is 2. The van der Waals surface area contributed by atoms with Crippen molar-refractivity contribution in [3.63, 3.8) is 0 Å². The largest absolute Gasteiger partial charge is 0.497 e. The molecule has 0 bridgehead atoms. The topological polar surface area (TPSA) is 102 Å². The zero-order valence-electron chi connectivity index (χ0n) is 17.5. The van der Waals surface area contributed by atoms with E-state index in [4.69, 9.17) is 9.26 Å². The Balaban J connectivity index is 1.44. The number of nitrogens with one attached hydrogen (secondary N) is 1. The lowest BCUT2D eigenvalue weighted by atomic mass is 10.2. The molecule has 0 unspecified atom stereocenters. The predicted octanol–water partition coefficient (Wildman–Crippen LogP) is 3.39. The molecule has 0 saturated carbocycles. The molecule has 1 saturated heterocycles. The van der Waals surface area contributed by atoms with E-state index in [2.05, 4.69) is 10.5 Å². The van der Waals surface area contributed by atoms with Crippen LogP contribution in [0.25, 0.3) is 6.08 Å². The summed E-state index contributed by atoms with van der Waals surface area (Å²) in [4.78, 5) is 38.3. The van der Waals surface area contributed by atoms with Crippen molar-refractivity contribution in [2.24, 2.45) is 0 Å². The maximum atomic E-state index is 12.5. The van der Waals surface area contributed by atoms with Crippen LogP contribution in [0.4, 0.5) is 4.79 Å². The molecule has 0 radical (unpaired) electrons. The highest BCUT2D eigenvalue weighted by Gasteiger charge is 2.34. The van der Waals surface area contributed by atoms with Gasteiger partial charge in [-0.1, -0.05) is 17.3 Å². The molecule has 3 amide bonds. The normalized spacial score (nSPS) is 15.1. The highest BCUT2D eigenvalue weighted by atomic mass is 32.2. The summed E-state index contributed by atoms with van der Waals surface area (Å²) in [6.07, 6.45) is 1.67. The third-order valence-electron chi connectivity index (χ3n) is 4.61. The van der Waals surface area contributed by atoms with E-state index in [1.54, 1.807) is 25.3 Å². The van der Waals surface area contributed by atoms with Crippen LogP contribution in [-0.2, 0) is 15.3 Å². The summed E-state index contributed by atoms with van der Waals surface area (Å²) in [7, 11) is 1.58.